The summed E-state index contributed by atoms with van der Waals surface area (Å²) in [5.74, 6) is 0.639. The molecular formula is C15H28N4O3. The summed E-state index contributed by atoms with van der Waals surface area (Å²) in [4.78, 5) is 29.6. The topological polar surface area (TPSA) is 83.0 Å². The van der Waals surface area contributed by atoms with Gasteiger partial charge in [-0.3, -0.25) is 14.6 Å². The molecule has 0 spiro atoms. The lowest BCUT2D eigenvalue weighted by molar-refractivity contribution is -0.146. The Hall–Kier alpha value is -1.79. The third-order valence-corrected chi connectivity index (χ3v) is 3.71. The van der Waals surface area contributed by atoms with Gasteiger partial charge in [-0.25, -0.2) is 0 Å². The van der Waals surface area contributed by atoms with E-state index in [9.17, 15) is 9.59 Å². The Kier molecular flexibility index (Phi) is 7.14. The fourth-order valence-electron chi connectivity index (χ4n) is 2.61. The predicted octanol–water partition coefficient (Wildman–Crippen LogP) is 0.217. The minimum atomic E-state index is -0.179. The second-order valence-electron chi connectivity index (χ2n) is 5.96. The van der Waals surface area contributed by atoms with E-state index in [0.29, 0.717) is 19.5 Å². The number of likely N-dealkylation sites (tertiary alicyclic amines) is 1. The molecule has 0 aromatic rings. The van der Waals surface area contributed by atoms with Gasteiger partial charge in [-0.05, 0) is 19.8 Å². The maximum atomic E-state index is 11.7. The van der Waals surface area contributed by atoms with Gasteiger partial charge in [0.05, 0.1) is 13.0 Å². The van der Waals surface area contributed by atoms with E-state index in [0.717, 1.165) is 12.5 Å². The van der Waals surface area contributed by atoms with E-state index < -0.39 is 0 Å². The van der Waals surface area contributed by atoms with Crippen LogP contribution in [0.2, 0.25) is 0 Å². The lowest BCUT2D eigenvalue weighted by Gasteiger charge is -2.21. The van der Waals surface area contributed by atoms with Crippen LogP contribution in [0.3, 0.4) is 0 Å². The van der Waals surface area contributed by atoms with Crippen molar-refractivity contribution >= 4 is 17.8 Å². The lowest BCUT2D eigenvalue weighted by Crippen LogP contribution is -2.42. The average Bonchev–Trinajstić information content (AvgIpc) is 2.83. The Morgan fingerprint density at radius 2 is 2.05 bits per heavy atom. The second kappa shape index (κ2) is 8.60. The van der Waals surface area contributed by atoms with E-state index in [1.807, 2.05) is 25.7 Å². The highest BCUT2D eigenvalue weighted by Gasteiger charge is 2.36. The molecule has 0 bridgehead atoms. The highest BCUT2D eigenvalue weighted by molar-refractivity contribution is 5.83. The Morgan fingerprint density at radius 3 is 2.59 bits per heavy atom. The predicted molar refractivity (Wildman–Crippen MR) is 85.5 cm³/mol. The van der Waals surface area contributed by atoms with Gasteiger partial charge in [0.15, 0.2) is 5.96 Å². The number of carbonyl (C=O) groups excluding carboxylic acids is 2. The molecule has 2 atom stereocenters. The smallest absolute Gasteiger partial charge is 0.310 e. The van der Waals surface area contributed by atoms with Gasteiger partial charge in [0, 0.05) is 39.1 Å². The number of hydrogen-bond acceptors (Lipinski definition) is 4. The van der Waals surface area contributed by atoms with E-state index in [4.69, 9.17) is 4.74 Å². The monoisotopic (exact) mass is 312 g/mol. The number of carbonyl (C=O) groups is 2. The highest BCUT2D eigenvalue weighted by atomic mass is 16.5. The standard InChI is InChI=1S/C15H28N4O3/c1-10(2)18-13(20)6-7-17-15(16-4)19-8-11(3)12(9-19)14(21)22-5/h10-12H,6-9H2,1-5H3,(H,16,17)(H,18,20). The minimum absolute atomic E-state index is 0.0141. The van der Waals surface area contributed by atoms with Gasteiger partial charge in [0.2, 0.25) is 5.91 Å². The molecule has 1 saturated heterocycles. The molecular weight excluding hydrogens is 284 g/mol. The summed E-state index contributed by atoms with van der Waals surface area (Å²) >= 11 is 0. The molecule has 0 aliphatic carbocycles. The van der Waals surface area contributed by atoms with E-state index in [1.165, 1.54) is 7.11 Å². The van der Waals surface area contributed by atoms with Gasteiger partial charge >= 0.3 is 5.97 Å². The Balaban J connectivity index is 2.46. The van der Waals surface area contributed by atoms with Crippen molar-refractivity contribution in [2.75, 3.05) is 33.8 Å². The zero-order valence-electron chi connectivity index (χ0n) is 14.2. The number of guanidine groups is 1. The van der Waals surface area contributed by atoms with Gasteiger partial charge in [0.25, 0.3) is 0 Å². The number of rotatable bonds is 5. The summed E-state index contributed by atoms with van der Waals surface area (Å²) in [5.41, 5.74) is 0. The van der Waals surface area contributed by atoms with Gasteiger partial charge < -0.3 is 20.3 Å². The van der Waals surface area contributed by atoms with Crippen molar-refractivity contribution in [3.05, 3.63) is 0 Å². The molecule has 126 valence electrons. The quantitative estimate of drug-likeness (QED) is 0.431. The first-order chi connectivity index (χ1) is 10.4. The molecule has 1 amide bonds. The third-order valence-electron chi connectivity index (χ3n) is 3.71. The number of aliphatic imine (C=N–C) groups is 1. The Morgan fingerprint density at radius 1 is 1.36 bits per heavy atom. The number of nitrogens with zero attached hydrogens (tertiary/aromatic N) is 2. The minimum Gasteiger partial charge on any atom is -0.469 e. The SMILES string of the molecule is CN=C(NCCC(=O)NC(C)C)N1CC(C)C(C(=O)OC)C1. The molecule has 7 nitrogen and oxygen atoms in total. The zero-order chi connectivity index (χ0) is 16.7. The summed E-state index contributed by atoms with van der Waals surface area (Å²) in [6, 6.07) is 0.145. The van der Waals surface area contributed by atoms with Crippen molar-refractivity contribution in [3.63, 3.8) is 0 Å². The van der Waals surface area contributed by atoms with Crippen LogP contribution >= 0.6 is 0 Å². The molecule has 1 rings (SSSR count). The fraction of sp³-hybridized carbons (Fsp3) is 0.800. The molecule has 0 aromatic heterocycles. The molecule has 0 saturated carbocycles. The number of nitrogens with one attached hydrogen (secondary N) is 2. The van der Waals surface area contributed by atoms with E-state index in [-0.39, 0.29) is 29.8 Å². The van der Waals surface area contributed by atoms with Crippen LogP contribution in [0.25, 0.3) is 0 Å². The fourth-order valence-corrected chi connectivity index (χ4v) is 2.61. The van der Waals surface area contributed by atoms with Crippen molar-refractivity contribution in [2.45, 2.75) is 33.2 Å². The number of ether oxygens (including phenoxy) is 1. The van der Waals surface area contributed by atoms with Crippen molar-refractivity contribution in [2.24, 2.45) is 16.8 Å². The van der Waals surface area contributed by atoms with Crippen LogP contribution in [0.15, 0.2) is 4.99 Å². The summed E-state index contributed by atoms with van der Waals surface area (Å²) in [6.45, 7) is 7.75. The van der Waals surface area contributed by atoms with Crippen molar-refractivity contribution in [1.29, 1.82) is 0 Å². The van der Waals surface area contributed by atoms with Crippen LogP contribution in [0.1, 0.15) is 27.2 Å². The molecule has 0 radical (unpaired) electrons. The molecule has 2 N–H and O–H groups in total. The first-order valence-corrected chi connectivity index (χ1v) is 7.71. The van der Waals surface area contributed by atoms with Crippen LogP contribution in [0.5, 0.6) is 0 Å². The number of esters is 1. The van der Waals surface area contributed by atoms with Crippen molar-refractivity contribution in [3.8, 4) is 0 Å². The van der Waals surface area contributed by atoms with E-state index >= 15 is 0 Å². The molecule has 1 aliphatic heterocycles. The normalized spacial score (nSPS) is 21.9. The first kappa shape index (κ1) is 18.3. The van der Waals surface area contributed by atoms with E-state index in [1.54, 1.807) is 7.05 Å². The third kappa shape index (κ3) is 5.20. The van der Waals surface area contributed by atoms with Crippen LogP contribution in [-0.2, 0) is 14.3 Å². The van der Waals surface area contributed by atoms with Crippen molar-refractivity contribution < 1.29 is 14.3 Å². The molecule has 1 fully saturated rings. The van der Waals surface area contributed by atoms with Gasteiger partial charge in [-0.2, -0.15) is 0 Å². The van der Waals surface area contributed by atoms with Crippen LogP contribution in [0, 0.1) is 11.8 Å². The summed E-state index contributed by atoms with van der Waals surface area (Å²) in [5, 5.41) is 6.02. The van der Waals surface area contributed by atoms with Crippen LogP contribution in [-0.4, -0.2) is 62.6 Å². The summed E-state index contributed by atoms with van der Waals surface area (Å²) in [6.07, 6.45) is 0.390. The molecule has 22 heavy (non-hydrogen) atoms. The summed E-state index contributed by atoms with van der Waals surface area (Å²) in [7, 11) is 3.12. The Labute approximate surface area is 132 Å². The van der Waals surface area contributed by atoms with Crippen molar-refractivity contribution in [1.82, 2.24) is 15.5 Å². The number of amides is 1. The number of methoxy groups -OCH3 is 1. The Bertz CT molecular complexity index is 423. The van der Waals surface area contributed by atoms with E-state index in [2.05, 4.69) is 15.6 Å². The number of hydrogen-bond donors (Lipinski definition) is 2. The van der Waals surface area contributed by atoms with Crippen LogP contribution < -0.4 is 10.6 Å². The van der Waals surface area contributed by atoms with Gasteiger partial charge in [-0.15, -0.1) is 0 Å². The molecule has 1 heterocycles. The van der Waals surface area contributed by atoms with Gasteiger partial charge in [-0.1, -0.05) is 6.92 Å². The lowest BCUT2D eigenvalue weighted by atomic mass is 9.99. The molecule has 2 unspecified atom stereocenters. The summed E-state index contributed by atoms with van der Waals surface area (Å²) < 4.78 is 4.84. The first-order valence-electron chi connectivity index (χ1n) is 7.71. The maximum Gasteiger partial charge on any atom is 0.310 e. The second-order valence-corrected chi connectivity index (χ2v) is 5.96. The highest BCUT2D eigenvalue weighted by Crippen LogP contribution is 2.23. The molecule has 1 aliphatic rings. The zero-order valence-corrected chi connectivity index (χ0v) is 14.2. The molecule has 0 aromatic carbocycles. The van der Waals surface area contributed by atoms with Gasteiger partial charge in [0.1, 0.15) is 0 Å². The van der Waals surface area contributed by atoms with Crippen LogP contribution in [0.4, 0.5) is 0 Å². The largest absolute Gasteiger partial charge is 0.469 e. The molecule has 7 heteroatoms. The maximum absolute atomic E-state index is 11.7. The average molecular weight is 312 g/mol.